The molecule has 2 aromatic rings. The molecule has 0 saturated heterocycles. The van der Waals surface area contributed by atoms with E-state index < -0.39 is 17.9 Å². The molecule has 2 aromatic heterocycles. The number of alkyl halides is 3. The smallest absolute Gasteiger partial charge is 0.379 e. The van der Waals surface area contributed by atoms with Gasteiger partial charge in [0.2, 0.25) is 11.9 Å². The Morgan fingerprint density at radius 3 is 2.69 bits per heavy atom. The van der Waals surface area contributed by atoms with Crippen LogP contribution in [-0.2, 0) is 22.3 Å². The van der Waals surface area contributed by atoms with Gasteiger partial charge in [-0.1, -0.05) is 0 Å². The number of amides is 1. The van der Waals surface area contributed by atoms with Gasteiger partial charge in [0.05, 0.1) is 11.8 Å². The minimum absolute atomic E-state index is 0.118. The molecule has 1 aliphatic heterocycles. The topological polar surface area (TPSA) is 97.2 Å². The number of nitrogens with zero attached hydrogens (tertiary/aromatic N) is 5. The largest absolute Gasteiger partial charge is 0.435 e. The Labute approximate surface area is 183 Å². The maximum Gasteiger partial charge on any atom is 0.435 e. The molecule has 0 spiro atoms. The molecule has 0 unspecified atom stereocenters. The summed E-state index contributed by atoms with van der Waals surface area (Å²) in [7, 11) is 3.35. The van der Waals surface area contributed by atoms with Crippen molar-refractivity contribution in [3.63, 3.8) is 0 Å². The first-order valence-corrected chi connectivity index (χ1v) is 10.4. The van der Waals surface area contributed by atoms with Crippen LogP contribution in [0, 0.1) is 12.8 Å². The van der Waals surface area contributed by atoms with E-state index in [1.165, 1.54) is 10.9 Å². The quantitative estimate of drug-likeness (QED) is 0.694. The molecule has 4 rings (SSSR count). The summed E-state index contributed by atoms with van der Waals surface area (Å²) >= 11 is 0. The van der Waals surface area contributed by atoms with E-state index in [2.05, 4.69) is 25.7 Å². The highest BCUT2D eigenvalue weighted by Gasteiger charge is 2.38. The molecule has 2 N–H and O–H groups in total. The van der Waals surface area contributed by atoms with Crippen LogP contribution in [0.25, 0.3) is 0 Å². The van der Waals surface area contributed by atoms with E-state index in [4.69, 9.17) is 4.74 Å². The van der Waals surface area contributed by atoms with Crippen molar-refractivity contribution < 1.29 is 22.7 Å². The lowest BCUT2D eigenvalue weighted by Crippen LogP contribution is -2.53. The number of rotatable bonds is 6. The second-order valence-corrected chi connectivity index (χ2v) is 8.42. The van der Waals surface area contributed by atoms with Gasteiger partial charge in [0, 0.05) is 32.9 Å². The number of hydrogen-bond donors (Lipinski definition) is 2. The van der Waals surface area contributed by atoms with Crippen LogP contribution in [0.1, 0.15) is 31.2 Å². The average Bonchev–Trinajstić information content (AvgIpc) is 3.16. The summed E-state index contributed by atoms with van der Waals surface area (Å²) in [6.45, 7) is 4.06. The molecule has 1 fully saturated rings. The van der Waals surface area contributed by atoms with Crippen LogP contribution in [0.15, 0.2) is 12.3 Å². The summed E-state index contributed by atoms with van der Waals surface area (Å²) in [6.07, 6.45) is -1.84. The van der Waals surface area contributed by atoms with Crippen LogP contribution in [0.3, 0.4) is 0 Å². The average molecular weight is 453 g/mol. The molecular weight excluding hydrogens is 427 g/mol. The fourth-order valence-electron chi connectivity index (χ4n) is 4.25. The number of anilines is 3. The minimum atomic E-state index is -4.43. The lowest BCUT2D eigenvalue weighted by molar-refractivity contribution is -0.141. The Kier molecular flexibility index (Phi) is 5.74. The Bertz CT molecular complexity index is 1000. The minimum Gasteiger partial charge on any atom is -0.379 e. The van der Waals surface area contributed by atoms with Crippen molar-refractivity contribution in [3.8, 4) is 0 Å². The van der Waals surface area contributed by atoms with Gasteiger partial charge in [-0.25, -0.2) is 4.98 Å². The highest BCUT2D eigenvalue weighted by molar-refractivity contribution is 6.03. The monoisotopic (exact) mass is 453 g/mol. The van der Waals surface area contributed by atoms with Crippen molar-refractivity contribution in [3.05, 3.63) is 23.7 Å². The summed E-state index contributed by atoms with van der Waals surface area (Å²) < 4.78 is 44.8. The van der Waals surface area contributed by atoms with Crippen molar-refractivity contribution in [2.45, 2.75) is 57.6 Å². The van der Waals surface area contributed by atoms with Gasteiger partial charge in [0.15, 0.2) is 11.5 Å². The van der Waals surface area contributed by atoms with Crippen LogP contribution in [0.5, 0.6) is 0 Å². The first-order valence-electron chi connectivity index (χ1n) is 10.4. The Hall–Kier alpha value is -2.89. The number of methoxy groups -OCH3 is 1. The number of aryl methyl sites for hydroxylation is 1. The third kappa shape index (κ3) is 4.23. The van der Waals surface area contributed by atoms with Crippen LogP contribution < -0.4 is 15.5 Å². The van der Waals surface area contributed by atoms with Crippen molar-refractivity contribution in [2.75, 3.05) is 29.7 Å². The SMILES string of the molecule is CO[C@H](C)[C@H]1C(=O)Nc2c(C)nc(NC3CC(Cn4ccc(C(F)(F)F)n4)C3)nc2N1C. The normalized spacial score (nSPS) is 23.9. The van der Waals surface area contributed by atoms with Gasteiger partial charge in [-0.05, 0) is 38.7 Å². The molecule has 1 amide bonds. The first kappa shape index (κ1) is 22.3. The van der Waals surface area contributed by atoms with E-state index in [0.29, 0.717) is 29.7 Å². The van der Waals surface area contributed by atoms with E-state index >= 15 is 0 Å². The fraction of sp³-hybridized carbons (Fsp3) is 0.600. The van der Waals surface area contributed by atoms with Crippen LogP contribution in [-0.4, -0.2) is 58.0 Å². The molecule has 3 heterocycles. The molecule has 12 heteroatoms. The van der Waals surface area contributed by atoms with Gasteiger partial charge in [-0.2, -0.15) is 23.3 Å². The molecule has 9 nitrogen and oxygen atoms in total. The maximum atomic E-state index is 12.7. The zero-order valence-corrected chi connectivity index (χ0v) is 18.3. The van der Waals surface area contributed by atoms with Crippen molar-refractivity contribution in [1.29, 1.82) is 0 Å². The number of carbonyl (C=O) groups is 1. The summed E-state index contributed by atoms with van der Waals surface area (Å²) in [5.41, 5.74) is 0.350. The summed E-state index contributed by atoms with van der Waals surface area (Å²) in [5.74, 6) is 1.12. The molecule has 1 saturated carbocycles. The van der Waals surface area contributed by atoms with Gasteiger partial charge < -0.3 is 20.3 Å². The van der Waals surface area contributed by atoms with Crippen LogP contribution in [0.2, 0.25) is 0 Å². The van der Waals surface area contributed by atoms with E-state index in [-0.39, 0.29) is 24.0 Å². The molecule has 1 aliphatic carbocycles. The second kappa shape index (κ2) is 8.23. The van der Waals surface area contributed by atoms with Crippen LogP contribution in [0.4, 0.5) is 30.6 Å². The highest BCUT2D eigenvalue weighted by Crippen LogP contribution is 2.36. The molecule has 0 radical (unpaired) electrons. The Morgan fingerprint density at radius 2 is 2.06 bits per heavy atom. The third-order valence-electron chi connectivity index (χ3n) is 6.10. The fourth-order valence-corrected chi connectivity index (χ4v) is 4.25. The maximum absolute atomic E-state index is 12.7. The molecule has 0 aromatic carbocycles. The lowest BCUT2D eigenvalue weighted by atomic mass is 9.80. The number of fused-ring (bicyclic) bond motifs is 1. The molecule has 2 atom stereocenters. The molecule has 32 heavy (non-hydrogen) atoms. The van der Waals surface area contributed by atoms with Gasteiger partial charge in [-0.15, -0.1) is 0 Å². The van der Waals surface area contributed by atoms with Crippen molar-refractivity contribution in [2.24, 2.45) is 5.92 Å². The van der Waals surface area contributed by atoms with E-state index in [0.717, 1.165) is 18.9 Å². The standard InChI is InChI=1S/C20H26F3N7O2/c1-10-15-17(29(3)16(11(2)32-4)18(31)26-15)27-19(24-10)25-13-7-12(8-13)9-30-6-5-14(28-30)20(21,22)23/h5-6,11-13,16H,7-9H2,1-4H3,(H,26,31)(H,24,25,27)/t11-,12?,13?,16+/m1/s1. The van der Waals surface area contributed by atoms with E-state index in [9.17, 15) is 18.0 Å². The second-order valence-electron chi connectivity index (χ2n) is 8.42. The van der Waals surface area contributed by atoms with Gasteiger partial charge in [-0.3, -0.25) is 9.48 Å². The van der Waals surface area contributed by atoms with Gasteiger partial charge in [0.1, 0.15) is 11.7 Å². The summed E-state index contributed by atoms with van der Waals surface area (Å²) in [5, 5.41) is 9.79. The predicted molar refractivity (Wildman–Crippen MR) is 111 cm³/mol. The molecule has 174 valence electrons. The number of aromatic nitrogens is 4. The number of nitrogens with one attached hydrogen (secondary N) is 2. The van der Waals surface area contributed by atoms with Crippen molar-refractivity contribution >= 4 is 23.4 Å². The van der Waals surface area contributed by atoms with E-state index in [1.54, 1.807) is 26.0 Å². The number of ether oxygens (including phenoxy) is 1. The van der Waals surface area contributed by atoms with E-state index in [1.807, 2.05) is 6.92 Å². The zero-order chi connectivity index (χ0) is 23.2. The highest BCUT2D eigenvalue weighted by atomic mass is 19.4. The van der Waals surface area contributed by atoms with Gasteiger partial charge >= 0.3 is 6.18 Å². The zero-order valence-electron chi connectivity index (χ0n) is 18.3. The molecule has 0 bridgehead atoms. The first-order chi connectivity index (χ1) is 15.1. The lowest BCUT2D eigenvalue weighted by Gasteiger charge is -2.38. The Morgan fingerprint density at radius 1 is 1.34 bits per heavy atom. The predicted octanol–water partition coefficient (Wildman–Crippen LogP) is 2.68. The number of carbonyl (C=O) groups excluding carboxylic acids is 1. The number of likely N-dealkylation sites (N-methyl/N-ethyl adjacent to an activating group) is 1. The van der Waals surface area contributed by atoms with Gasteiger partial charge in [0.25, 0.3) is 0 Å². The molecular formula is C20H26F3N7O2. The van der Waals surface area contributed by atoms with Crippen LogP contribution >= 0.6 is 0 Å². The van der Waals surface area contributed by atoms with Crippen molar-refractivity contribution in [1.82, 2.24) is 19.7 Å². The third-order valence-corrected chi connectivity index (χ3v) is 6.10. The number of hydrogen-bond acceptors (Lipinski definition) is 7. The number of halogens is 3. The summed E-state index contributed by atoms with van der Waals surface area (Å²) in [4.78, 5) is 23.4. The Balaban J connectivity index is 1.39. The summed E-state index contributed by atoms with van der Waals surface area (Å²) in [6, 6.07) is 0.594. The molecule has 2 aliphatic rings.